The van der Waals surface area contributed by atoms with Gasteiger partial charge in [0.2, 0.25) is 5.91 Å². The third-order valence-corrected chi connectivity index (χ3v) is 3.22. The van der Waals surface area contributed by atoms with Crippen LogP contribution in [0.5, 0.6) is 0 Å². The summed E-state index contributed by atoms with van der Waals surface area (Å²) in [6.45, 7) is 0.107. The molecule has 1 heterocycles. The summed E-state index contributed by atoms with van der Waals surface area (Å²) in [6, 6.07) is 4.94. The van der Waals surface area contributed by atoms with E-state index in [1.54, 1.807) is 18.2 Å². The molecule has 7 nitrogen and oxygen atoms in total. The van der Waals surface area contributed by atoms with Crippen LogP contribution in [-0.4, -0.2) is 42.6 Å². The van der Waals surface area contributed by atoms with E-state index in [0.29, 0.717) is 5.56 Å². The molecule has 0 bridgehead atoms. The Morgan fingerprint density at radius 3 is 2.90 bits per heavy atom. The van der Waals surface area contributed by atoms with Crippen LogP contribution in [0.4, 0.5) is 5.69 Å². The van der Waals surface area contributed by atoms with E-state index in [9.17, 15) is 14.4 Å². The lowest BCUT2D eigenvalue weighted by Gasteiger charge is -2.14. The van der Waals surface area contributed by atoms with Gasteiger partial charge in [-0.2, -0.15) is 0 Å². The second-order valence-electron chi connectivity index (χ2n) is 4.76. The largest absolute Gasteiger partial charge is 0.481 e. The van der Waals surface area contributed by atoms with E-state index in [4.69, 9.17) is 9.84 Å². The standard InChI is InChI=1S/C14H16N2O5/c1-21-10(6-13(18)19)7-15-14(20)8-2-3-11-9(4-8)5-12(17)16-11/h2-4,10H,5-7H2,1H3,(H,15,20)(H,16,17)(H,18,19). The summed E-state index contributed by atoms with van der Waals surface area (Å²) < 4.78 is 4.99. The van der Waals surface area contributed by atoms with Gasteiger partial charge in [0.1, 0.15) is 0 Å². The fourth-order valence-corrected chi connectivity index (χ4v) is 2.11. The number of ether oxygens (including phenoxy) is 1. The van der Waals surface area contributed by atoms with Gasteiger partial charge in [0.25, 0.3) is 5.91 Å². The predicted molar refractivity (Wildman–Crippen MR) is 74.2 cm³/mol. The van der Waals surface area contributed by atoms with Gasteiger partial charge in [0.05, 0.1) is 18.9 Å². The van der Waals surface area contributed by atoms with E-state index in [-0.39, 0.29) is 31.2 Å². The molecule has 1 aliphatic heterocycles. The number of amides is 2. The number of methoxy groups -OCH3 is 1. The molecule has 21 heavy (non-hydrogen) atoms. The monoisotopic (exact) mass is 292 g/mol. The van der Waals surface area contributed by atoms with Crippen LogP contribution < -0.4 is 10.6 Å². The second-order valence-corrected chi connectivity index (χ2v) is 4.76. The Hall–Kier alpha value is -2.41. The van der Waals surface area contributed by atoms with E-state index in [1.165, 1.54) is 7.11 Å². The maximum absolute atomic E-state index is 12.0. The minimum Gasteiger partial charge on any atom is -0.481 e. The lowest BCUT2D eigenvalue weighted by atomic mass is 10.1. The minimum atomic E-state index is -0.988. The second kappa shape index (κ2) is 6.36. The van der Waals surface area contributed by atoms with E-state index >= 15 is 0 Å². The minimum absolute atomic E-state index is 0.0940. The van der Waals surface area contributed by atoms with Gasteiger partial charge in [-0.15, -0.1) is 0 Å². The van der Waals surface area contributed by atoms with Crippen molar-refractivity contribution in [3.63, 3.8) is 0 Å². The molecule has 0 aliphatic carbocycles. The summed E-state index contributed by atoms with van der Waals surface area (Å²) in [5.41, 5.74) is 1.93. The lowest BCUT2D eigenvalue weighted by molar-refractivity contribution is -0.139. The summed E-state index contributed by atoms with van der Waals surface area (Å²) in [6.07, 6.45) is -0.501. The van der Waals surface area contributed by atoms with Crippen LogP contribution in [0, 0.1) is 0 Å². The first-order valence-corrected chi connectivity index (χ1v) is 6.45. The first kappa shape index (κ1) is 15.0. The molecule has 7 heteroatoms. The zero-order valence-corrected chi connectivity index (χ0v) is 11.5. The van der Waals surface area contributed by atoms with Gasteiger partial charge >= 0.3 is 5.97 Å². The molecule has 2 amide bonds. The fraction of sp³-hybridized carbons (Fsp3) is 0.357. The van der Waals surface area contributed by atoms with Gasteiger partial charge in [-0.05, 0) is 23.8 Å². The molecular weight excluding hydrogens is 276 g/mol. The quantitative estimate of drug-likeness (QED) is 0.704. The summed E-state index contributed by atoms with van der Waals surface area (Å²) in [5, 5.41) is 14.0. The van der Waals surface area contributed by atoms with Crippen LogP contribution in [0.3, 0.4) is 0 Å². The van der Waals surface area contributed by atoms with Crippen LogP contribution in [0.15, 0.2) is 18.2 Å². The number of fused-ring (bicyclic) bond motifs is 1. The van der Waals surface area contributed by atoms with Crippen molar-refractivity contribution in [1.82, 2.24) is 5.32 Å². The first-order valence-electron chi connectivity index (χ1n) is 6.45. The van der Waals surface area contributed by atoms with Gasteiger partial charge < -0.3 is 20.5 Å². The Kier molecular flexibility index (Phi) is 4.54. The van der Waals surface area contributed by atoms with Crippen molar-refractivity contribution < 1.29 is 24.2 Å². The molecule has 112 valence electrons. The van der Waals surface area contributed by atoms with Crippen molar-refractivity contribution >= 4 is 23.5 Å². The maximum atomic E-state index is 12.0. The third kappa shape index (κ3) is 3.79. The normalized spacial score (nSPS) is 14.2. The number of nitrogens with one attached hydrogen (secondary N) is 2. The molecule has 1 unspecified atom stereocenters. The van der Waals surface area contributed by atoms with Crippen molar-refractivity contribution in [2.45, 2.75) is 18.9 Å². The van der Waals surface area contributed by atoms with E-state index in [2.05, 4.69) is 10.6 Å². The van der Waals surface area contributed by atoms with Crippen molar-refractivity contribution in [2.75, 3.05) is 19.0 Å². The molecule has 1 aromatic carbocycles. The van der Waals surface area contributed by atoms with Gasteiger partial charge in [-0.25, -0.2) is 0 Å². The number of rotatable bonds is 6. The maximum Gasteiger partial charge on any atom is 0.306 e. The van der Waals surface area contributed by atoms with Crippen molar-refractivity contribution in [1.29, 1.82) is 0 Å². The highest BCUT2D eigenvalue weighted by Gasteiger charge is 2.20. The number of anilines is 1. The number of carbonyl (C=O) groups is 3. The molecule has 2 rings (SSSR count). The molecule has 3 N–H and O–H groups in total. The zero-order valence-electron chi connectivity index (χ0n) is 11.5. The van der Waals surface area contributed by atoms with Gasteiger partial charge in [-0.3, -0.25) is 14.4 Å². The Morgan fingerprint density at radius 2 is 2.24 bits per heavy atom. The SMILES string of the molecule is COC(CNC(=O)c1ccc2c(c1)CC(=O)N2)CC(=O)O. The van der Waals surface area contributed by atoms with Crippen LogP contribution in [0.25, 0.3) is 0 Å². The van der Waals surface area contributed by atoms with Crippen molar-refractivity contribution in [3.8, 4) is 0 Å². The molecule has 0 aromatic heterocycles. The van der Waals surface area contributed by atoms with Crippen molar-refractivity contribution in [2.24, 2.45) is 0 Å². The average Bonchev–Trinajstić information content (AvgIpc) is 2.81. The average molecular weight is 292 g/mol. The van der Waals surface area contributed by atoms with Crippen LogP contribution >= 0.6 is 0 Å². The summed E-state index contributed by atoms with van der Waals surface area (Å²) in [7, 11) is 1.40. The predicted octanol–water partition coefficient (Wildman–Crippen LogP) is 0.401. The highest BCUT2D eigenvalue weighted by Crippen LogP contribution is 2.23. The molecule has 1 atom stereocenters. The van der Waals surface area contributed by atoms with Gasteiger partial charge in [0, 0.05) is 24.9 Å². The van der Waals surface area contributed by atoms with Crippen LogP contribution in [0.2, 0.25) is 0 Å². The van der Waals surface area contributed by atoms with E-state index in [1.807, 2.05) is 0 Å². The zero-order chi connectivity index (χ0) is 15.4. The smallest absolute Gasteiger partial charge is 0.306 e. The van der Waals surface area contributed by atoms with Crippen molar-refractivity contribution in [3.05, 3.63) is 29.3 Å². The molecule has 1 aliphatic rings. The Bertz CT molecular complexity index is 585. The molecule has 1 aromatic rings. The molecule has 0 spiro atoms. The topological polar surface area (TPSA) is 105 Å². The number of aliphatic carboxylic acids is 1. The number of hydrogen-bond acceptors (Lipinski definition) is 4. The summed E-state index contributed by atoms with van der Waals surface area (Å²) in [5.74, 6) is -1.41. The number of carboxylic acid groups (broad SMARTS) is 1. The van der Waals surface area contributed by atoms with E-state index in [0.717, 1.165) is 11.3 Å². The number of carboxylic acids is 1. The number of carbonyl (C=O) groups excluding carboxylic acids is 2. The van der Waals surface area contributed by atoms with Crippen LogP contribution in [-0.2, 0) is 20.7 Å². The summed E-state index contributed by atoms with van der Waals surface area (Å²) >= 11 is 0. The highest BCUT2D eigenvalue weighted by atomic mass is 16.5. The third-order valence-electron chi connectivity index (χ3n) is 3.22. The number of benzene rings is 1. The summed E-state index contributed by atoms with van der Waals surface area (Å²) in [4.78, 5) is 33.9. The van der Waals surface area contributed by atoms with Crippen LogP contribution in [0.1, 0.15) is 22.3 Å². The fourth-order valence-electron chi connectivity index (χ4n) is 2.11. The molecule has 0 saturated carbocycles. The Balaban J connectivity index is 1.96. The Labute approximate surface area is 121 Å². The Morgan fingerprint density at radius 1 is 1.48 bits per heavy atom. The molecular formula is C14H16N2O5. The van der Waals surface area contributed by atoms with Gasteiger partial charge in [-0.1, -0.05) is 0 Å². The molecule has 0 fully saturated rings. The molecule has 0 radical (unpaired) electrons. The first-order chi connectivity index (χ1) is 9.99. The highest BCUT2D eigenvalue weighted by molar-refractivity contribution is 6.01. The molecule has 0 saturated heterocycles. The van der Waals surface area contributed by atoms with E-state index < -0.39 is 12.1 Å². The van der Waals surface area contributed by atoms with Gasteiger partial charge in [0.15, 0.2) is 0 Å². The lowest BCUT2D eigenvalue weighted by Crippen LogP contribution is -2.34. The number of hydrogen-bond donors (Lipinski definition) is 3.